The molecule has 0 aromatic rings. The third kappa shape index (κ3) is 4.01. The molecule has 0 bridgehead atoms. The molecular weight excluding hydrogens is 110 g/mol. The van der Waals surface area contributed by atoms with E-state index >= 15 is 0 Å². The summed E-state index contributed by atoms with van der Waals surface area (Å²) in [6.07, 6.45) is 0. The van der Waals surface area contributed by atoms with Crippen LogP contribution < -0.4 is 0 Å². The molecule has 0 atom stereocenters. The second-order valence-electron chi connectivity index (χ2n) is 1.40. The summed E-state index contributed by atoms with van der Waals surface area (Å²) in [4.78, 5) is 0. The first kappa shape index (κ1) is 7.84. The SMILES string of the molecule is COCN(O)CC[OH2+]. The maximum absolute atomic E-state index is 8.64. The Morgan fingerprint density at radius 3 is 2.75 bits per heavy atom. The molecule has 4 nitrogen and oxygen atoms in total. The van der Waals surface area contributed by atoms with Gasteiger partial charge in [-0.05, 0) is 0 Å². The van der Waals surface area contributed by atoms with Crippen LogP contribution in [0, 0.1) is 0 Å². The molecule has 0 heterocycles. The fraction of sp³-hybridized carbons (Fsp3) is 1.00. The summed E-state index contributed by atoms with van der Waals surface area (Å²) in [6.45, 7) is 0.715. The van der Waals surface area contributed by atoms with Gasteiger partial charge in [-0.3, -0.25) is 0 Å². The molecule has 0 amide bonds. The Hall–Kier alpha value is -0.160. The van der Waals surface area contributed by atoms with Crippen molar-refractivity contribution in [1.82, 2.24) is 5.06 Å². The summed E-state index contributed by atoms with van der Waals surface area (Å²) in [5.41, 5.74) is 0. The van der Waals surface area contributed by atoms with Gasteiger partial charge in [-0.1, -0.05) is 0 Å². The highest BCUT2D eigenvalue weighted by Crippen LogP contribution is 1.77. The lowest BCUT2D eigenvalue weighted by Gasteiger charge is -2.08. The van der Waals surface area contributed by atoms with Crippen LogP contribution in [0.2, 0.25) is 0 Å². The minimum absolute atomic E-state index is 0.179. The predicted molar refractivity (Wildman–Crippen MR) is 28.8 cm³/mol. The number of hydrogen-bond donors (Lipinski definition) is 1. The van der Waals surface area contributed by atoms with E-state index in [0.29, 0.717) is 6.54 Å². The average molecular weight is 122 g/mol. The van der Waals surface area contributed by atoms with E-state index in [2.05, 4.69) is 4.74 Å². The summed E-state index contributed by atoms with van der Waals surface area (Å²) in [5.74, 6) is 0. The molecule has 0 unspecified atom stereocenters. The van der Waals surface area contributed by atoms with Crippen molar-refractivity contribution in [2.45, 2.75) is 0 Å². The first-order chi connectivity index (χ1) is 3.81. The van der Waals surface area contributed by atoms with Crippen molar-refractivity contribution in [3.8, 4) is 0 Å². The topological polar surface area (TPSA) is 55.6 Å². The molecule has 0 saturated carbocycles. The molecule has 4 heteroatoms. The quantitative estimate of drug-likeness (QED) is 0.296. The van der Waals surface area contributed by atoms with Gasteiger partial charge in [0.15, 0.2) is 6.61 Å². The van der Waals surface area contributed by atoms with Crippen LogP contribution in [-0.4, -0.2) is 42.4 Å². The number of hydrogen-bond acceptors (Lipinski definition) is 3. The number of methoxy groups -OCH3 is 1. The number of nitrogens with zero attached hydrogens (tertiary/aromatic N) is 1. The summed E-state index contributed by atoms with van der Waals surface area (Å²) in [5, 5.41) is 16.2. The molecule has 0 fully saturated rings. The molecular formula is C4H12NO3+. The highest BCUT2D eigenvalue weighted by molar-refractivity contribution is 4.31. The van der Waals surface area contributed by atoms with E-state index in [0.717, 1.165) is 5.06 Å². The normalized spacial score (nSPS) is 10.5. The van der Waals surface area contributed by atoms with E-state index in [1.165, 1.54) is 7.11 Å². The Labute approximate surface area is 48.2 Å². The van der Waals surface area contributed by atoms with E-state index in [1.807, 2.05) is 0 Å². The lowest BCUT2D eigenvalue weighted by Crippen LogP contribution is -2.24. The molecule has 0 aliphatic rings. The van der Waals surface area contributed by atoms with Gasteiger partial charge in [0.1, 0.15) is 6.73 Å². The van der Waals surface area contributed by atoms with Crippen molar-refractivity contribution in [1.29, 1.82) is 0 Å². The smallest absolute Gasteiger partial charge is 0.159 e. The molecule has 0 spiro atoms. The third-order valence-electron chi connectivity index (χ3n) is 0.648. The van der Waals surface area contributed by atoms with Gasteiger partial charge in [-0.25, -0.2) is 0 Å². The molecule has 0 aliphatic carbocycles. The lowest BCUT2D eigenvalue weighted by molar-refractivity contribution is -0.156. The van der Waals surface area contributed by atoms with E-state index in [4.69, 9.17) is 10.3 Å². The fourth-order valence-electron chi connectivity index (χ4n) is 0.343. The molecule has 0 aromatic heterocycles. The minimum Gasteiger partial charge on any atom is -0.444 e. The zero-order valence-corrected chi connectivity index (χ0v) is 4.92. The number of rotatable bonds is 4. The van der Waals surface area contributed by atoms with Gasteiger partial charge in [-0.15, -0.1) is 0 Å². The fourth-order valence-corrected chi connectivity index (χ4v) is 0.343. The van der Waals surface area contributed by atoms with Crippen molar-refractivity contribution in [2.75, 3.05) is 27.0 Å². The average Bonchev–Trinajstić information content (AvgIpc) is 1.68. The molecule has 0 rings (SSSR count). The number of ether oxygens (including phenoxy) is 1. The molecule has 0 radical (unpaired) electrons. The summed E-state index contributed by atoms with van der Waals surface area (Å²) in [6, 6.07) is 0. The van der Waals surface area contributed by atoms with Gasteiger partial charge in [0.05, 0.1) is 6.54 Å². The van der Waals surface area contributed by atoms with Gasteiger partial charge < -0.3 is 15.1 Å². The Morgan fingerprint density at radius 2 is 2.38 bits per heavy atom. The van der Waals surface area contributed by atoms with Gasteiger partial charge >= 0.3 is 0 Å². The minimum atomic E-state index is 0.179. The number of hydroxylamine groups is 2. The van der Waals surface area contributed by atoms with Gasteiger partial charge in [0.2, 0.25) is 0 Å². The highest BCUT2D eigenvalue weighted by Gasteiger charge is 1.96. The Bertz CT molecular complexity index is 44.5. The summed E-state index contributed by atoms with van der Waals surface area (Å²) >= 11 is 0. The van der Waals surface area contributed by atoms with Crippen molar-refractivity contribution in [3.63, 3.8) is 0 Å². The van der Waals surface area contributed by atoms with E-state index in [1.54, 1.807) is 0 Å². The van der Waals surface area contributed by atoms with Gasteiger partial charge in [-0.2, -0.15) is 5.06 Å². The monoisotopic (exact) mass is 122 g/mol. The molecule has 0 aliphatic heterocycles. The Balaban J connectivity index is 2.92. The maximum Gasteiger partial charge on any atom is 0.159 e. The first-order valence-corrected chi connectivity index (χ1v) is 2.38. The summed E-state index contributed by atoms with van der Waals surface area (Å²) in [7, 11) is 1.49. The van der Waals surface area contributed by atoms with Crippen LogP contribution in [0.1, 0.15) is 0 Å². The lowest BCUT2D eigenvalue weighted by atomic mass is 10.7. The van der Waals surface area contributed by atoms with Crippen LogP contribution in [0.5, 0.6) is 0 Å². The Kier molecular flexibility index (Phi) is 4.89. The van der Waals surface area contributed by atoms with Crippen molar-refractivity contribution >= 4 is 0 Å². The first-order valence-electron chi connectivity index (χ1n) is 2.38. The second-order valence-corrected chi connectivity index (χ2v) is 1.40. The largest absolute Gasteiger partial charge is 0.444 e. The molecule has 50 valence electrons. The van der Waals surface area contributed by atoms with Gasteiger partial charge in [0, 0.05) is 7.11 Å². The van der Waals surface area contributed by atoms with E-state index in [9.17, 15) is 0 Å². The zero-order chi connectivity index (χ0) is 6.41. The molecule has 3 N–H and O–H groups in total. The zero-order valence-electron chi connectivity index (χ0n) is 4.92. The molecule has 0 aromatic carbocycles. The molecule has 8 heavy (non-hydrogen) atoms. The van der Waals surface area contributed by atoms with Crippen LogP contribution in [0.3, 0.4) is 0 Å². The highest BCUT2D eigenvalue weighted by atomic mass is 16.6. The van der Waals surface area contributed by atoms with Crippen molar-refractivity contribution in [2.24, 2.45) is 0 Å². The maximum atomic E-state index is 8.64. The van der Waals surface area contributed by atoms with E-state index < -0.39 is 0 Å². The van der Waals surface area contributed by atoms with Crippen LogP contribution in [0.25, 0.3) is 0 Å². The van der Waals surface area contributed by atoms with Crippen molar-refractivity contribution in [3.05, 3.63) is 0 Å². The van der Waals surface area contributed by atoms with Crippen LogP contribution in [0.15, 0.2) is 0 Å². The second kappa shape index (κ2) is 4.99. The van der Waals surface area contributed by atoms with Crippen LogP contribution in [-0.2, 0) is 4.74 Å². The van der Waals surface area contributed by atoms with Crippen LogP contribution >= 0.6 is 0 Å². The van der Waals surface area contributed by atoms with Gasteiger partial charge in [0.25, 0.3) is 0 Å². The predicted octanol–water partition coefficient (Wildman–Crippen LogP) is -0.994. The van der Waals surface area contributed by atoms with E-state index in [-0.39, 0.29) is 13.3 Å². The molecule has 0 saturated heterocycles. The third-order valence-corrected chi connectivity index (χ3v) is 0.648. The Morgan fingerprint density at radius 1 is 1.75 bits per heavy atom. The van der Waals surface area contributed by atoms with Crippen molar-refractivity contribution < 1.29 is 15.1 Å². The summed E-state index contributed by atoms with van der Waals surface area (Å²) < 4.78 is 4.55. The standard InChI is InChI=1S/C4H11NO3/c1-8-4-5(7)2-3-6/h6-7H,2-4H2,1H3/p+1. The van der Waals surface area contributed by atoms with Crippen LogP contribution in [0.4, 0.5) is 0 Å².